The van der Waals surface area contributed by atoms with Gasteiger partial charge in [-0.15, -0.1) is 0 Å². The second-order valence-electron chi connectivity index (χ2n) is 4.16. The molecule has 1 heterocycles. The molecule has 0 saturated carbocycles. The third-order valence-corrected chi connectivity index (χ3v) is 3.75. The molecule has 2 rings (SSSR count). The Hall–Kier alpha value is -0.410. The number of furan rings is 1. The Morgan fingerprint density at radius 3 is 2.41 bits per heavy atom. The van der Waals surface area contributed by atoms with Gasteiger partial charge in [-0.3, -0.25) is 0 Å². The molecular formula is C12H12Cl3NO. The van der Waals surface area contributed by atoms with Crippen molar-refractivity contribution in [2.45, 2.75) is 26.3 Å². The zero-order chi connectivity index (χ0) is 12.7. The number of rotatable bonds is 2. The van der Waals surface area contributed by atoms with Gasteiger partial charge in [-0.05, 0) is 12.0 Å². The summed E-state index contributed by atoms with van der Waals surface area (Å²) >= 11 is 18.4. The summed E-state index contributed by atoms with van der Waals surface area (Å²) in [4.78, 5) is 0. The number of hydrogen-bond donors (Lipinski definition) is 1. The van der Waals surface area contributed by atoms with E-state index < -0.39 is 0 Å². The van der Waals surface area contributed by atoms with Crippen LogP contribution in [0.25, 0.3) is 11.0 Å². The molecule has 0 saturated heterocycles. The van der Waals surface area contributed by atoms with Gasteiger partial charge >= 0.3 is 0 Å². The summed E-state index contributed by atoms with van der Waals surface area (Å²) in [6, 6.07) is 1.59. The van der Waals surface area contributed by atoms with Crippen LogP contribution in [0.4, 0.5) is 0 Å². The molecule has 5 heteroatoms. The molecule has 0 radical (unpaired) electrons. The van der Waals surface area contributed by atoms with Gasteiger partial charge < -0.3 is 10.2 Å². The first-order valence-electron chi connectivity index (χ1n) is 5.26. The van der Waals surface area contributed by atoms with E-state index >= 15 is 0 Å². The van der Waals surface area contributed by atoms with E-state index in [1.165, 1.54) is 0 Å². The SMILES string of the molecule is CC(C)c1c(CN)oc2c(Cl)cc(Cl)c(Cl)c12. The second-order valence-corrected chi connectivity index (χ2v) is 5.35. The maximum Gasteiger partial charge on any atom is 0.154 e. The monoisotopic (exact) mass is 291 g/mol. The average molecular weight is 293 g/mol. The second kappa shape index (κ2) is 4.69. The van der Waals surface area contributed by atoms with E-state index in [2.05, 4.69) is 13.8 Å². The molecule has 2 N–H and O–H groups in total. The summed E-state index contributed by atoms with van der Waals surface area (Å²) in [7, 11) is 0. The Morgan fingerprint density at radius 1 is 1.24 bits per heavy atom. The van der Waals surface area contributed by atoms with Crippen molar-refractivity contribution in [3.8, 4) is 0 Å². The minimum absolute atomic E-state index is 0.238. The Kier molecular flexibility index (Phi) is 3.60. The van der Waals surface area contributed by atoms with E-state index in [4.69, 9.17) is 45.0 Å². The van der Waals surface area contributed by atoms with Crippen LogP contribution in [-0.4, -0.2) is 0 Å². The molecule has 1 aromatic carbocycles. The van der Waals surface area contributed by atoms with E-state index in [0.717, 1.165) is 10.9 Å². The average Bonchev–Trinajstić information content (AvgIpc) is 2.65. The normalized spacial score (nSPS) is 11.7. The molecule has 0 unspecified atom stereocenters. The first-order valence-corrected chi connectivity index (χ1v) is 6.39. The van der Waals surface area contributed by atoms with Gasteiger partial charge in [0.1, 0.15) is 5.76 Å². The number of benzene rings is 1. The van der Waals surface area contributed by atoms with Crippen LogP contribution in [0.15, 0.2) is 10.5 Å². The van der Waals surface area contributed by atoms with Gasteiger partial charge in [0.25, 0.3) is 0 Å². The molecule has 0 amide bonds. The predicted molar refractivity (Wildman–Crippen MR) is 73.2 cm³/mol. The zero-order valence-corrected chi connectivity index (χ0v) is 11.7. The van der Waals surface area contributed by atoms with Crippen LogP contribution < -0.4 is 5.73 Å². The molecule has 1 aromatic heterocycles. The third-order valence-electron chi connectivity index (χ3n) is 2.68. The highest BCUT2D eigenvalue weighted by molar-refractivity contribution is 6.47. The molecule has 2 nitrogen and oxygen atoms in total. The van der Waals surface area contributed by atoms with Gasteiger partial charge in [0.15, 0.2) is 5.58 Å². The molecule has 92 valence electrons. The quantitative estimate of drug-likeness (QED) is 0.793. The summed E-state index contributed by atoms with van der Waals surface area (Å²) in [5, 5.41) is 2.13. The molecule has 0 atom stereocenters. The highest BCUT2D eigenvalue weighted by Gasteiger charge is 2.22. The lowest BCUT2D eigenvalue weighted by atomic mass is 9.99. The van der Waals surface area contributed by atoms with Crippen LogP contribution in [0.2, 0.25) is 15.1 Å². The molecule has 0 fully saturated rings. The fourth-order valence-corrected chi connectivity index (χ4v) is 2.74. The summed E-state index contributed by atoms with van der Waals surface area (Å²) in [5.74, 6) is 0.947. The van der Waals surface area contributed by atoms with Gasteiger partial charge in [-0.25, -0.2) is 0 Å². The van der Waals surface area contributed by atoms with Crippen molar-refractivity contribution < 1.29 is 4.42 Å². The fraction of sp³-hybridized carbons (Fsp3) is 0.333. The lowest BCUT2D eigenvalue weighted by molar-refractivity contribution is 0.541. The van der Waals surface area contributed by atoms with Crippen molar-refractivity contribution in [2.75, 3.05) is 0 Å². The number of halogens is 3. The lowest BCUT2D eigenvalue weighted by Crippen LogP contribution is -1.99. The van der Waals surface area contributed by atoms with Crippen molar-refractivity contribution in [2.24, 2.45) is 5.73 Å². The molecule has 2 aromatic rings. The molecular weight excluding hydrogens is 280 g/mol. The molecule has 17 heavy (non-hydrogen) atoms. The van der Waals surface area contributed by atoms with Gasteiger partial charge in [0, 0.05) is 10.9 Å². The molecule has 0 spiro atoms. The molecule has 0 aliphatic carbocycles. The zero-order valence-electron chi connectivity index (χ0n) is 9.48. The smallest absolute Gasteiger partial charge is 0.154 e. The largest absolute Gasteiger partial charge is 0.458 e. The van der Waals surface area contributed by atoms with Crippen LogP contribution in [0.3, 0.4) is 0 Å². The van der Waals surface area contributed by atoms with Crippen molar-refractivity contribution in [3.05, 3.63) is 32.5 Å². The van der Waals surface area contributed by atoms with Crippen LogP contribution in [0, 0.1) is 0 Å². The standard InChI is InChI=1S/C12H12Cl3NO/c1-5(2)9-8(4-16)17-12-7(14)3-6(13)11(15)10(9)12/h3,5H,4,16H2,1-2H3. The summed E-state index contributed by atoms with van der Waals surface area (Å²) in [6.45, 7) is 4.41. The van der Waals surface area contributed by atoms with Crippen molar-refractivity contribution in [1.29, 1.82) is 0 Å². The Morgan fingerprint density at radius 2 is 1.88 bits per heavy atom. The number of hydrogen-bond acceptors (Lipinski definition) is 2. The molecule has 0 aliphatic heterocycles. The van der Waals surface area contributed by atoms with E-state index in [1.54, 1.807) is 6.07 Å². The Labute approximate surface area is 115 Å². The maximum atomic E-state index is 6.23. The lowest BCUT2D eigenvalue weighted by Gasteiger charge is -2.06. The molecule has 0 aliphatic rings. The molecule has 0 bridgehead atoms. The van der Waals surface area contributed by atoms with E-state index in [9.17, 15) is 0 Å². The van der Waals surface area contributed by atoms with Crippen LogP contribution in [0.5, 0.6) is 0 Å². The topological polar surface area (TPSA) is 39.2 Å². The third kappa shape index (κ3) is 2.04. The first kappa shape index (κ1) is 13.0. The highest BCUT2D eigenvalue weighted by Crippen LogP contribution is 2.42. The minimum atomic E-state index is 0.238. The van der Waals surface area contributed by atoms with Crippen molar-refractivity contribution in [3.63, 3.8) is 0 Å². The van der Waals surface area contributed by atoms with E-state index in [0.29, 0.717) is 33.0 Å². The number of fused-ring (bicyclic) bond motifs is 1. The van der Waals surface area contributed by atoms with Crippen molar-refractivity contribution in [1.82, 2.24) is 0 Å². The van der Waals surface area contributed by atoms with E-state index in [1.807, 2.05) is 0 Å². The highest BCUT2D eigenvalue weighted by atomic mass is 35.5. The van der Waals surface area contributed by atoms with Gasteiger partial charge in [0.05, 0.1) is 21.6 Å². The summed E-state index contributed by atoms with van der Waals surface area (Å²) < 4.78 is 5.68. The Bertz CT molecular complexity index is 575. The summed E-state index contributed by atoms with van der Waals surface area (Å²) in [6.07, 6.45) is 0. The van der Waals surface area contributed by atoms with Crippen LogP contribution in [0.1, 0.15) is 31.1 Å². The first-order chi connectivity index (χ1) is 7.97. The van der Waals surface area contributed by atoms with Crippen molar-refractivity contribution >= 4 is 45.8 Å². The van der Waals surface area contributed by atoms with Crippen LogP contribution >= 0.6 is 34.8 Å². The van der Waals surface area contributed by atoms with Gasteiger partial charge in [0.2, 0.25) is 0 Å². The minimum Gasteiger partial charge on any atom is -0.458 e. The fourth-order valence-electron chi connectivity index (χ4n) is 2.00. The predicted octanol–water partition coefficient (Wildman–Crippen LogP) is 4.98. The van der Waals surface area contributed by atoms with E-state index in [-0.39, 0.29) is 5.92 Å². The Balaban J connectivity index is 2.94. The van der Waals surface area contributed by atoms with Crippen LogP contribution in [-0.2, 0) is 6.54 Å². The van der Waals surface area contributed by atoms with Gasteiger partial charge in [-0.1, -0.05) is 48.7 Å². The number of nitrogens with two attached hydrogens (primary N) is 1. The maximum absolute atomic E-state index is 6.23. The van der Waals surface area contributed by atoms with Gasteiger partial charge in [-0.2, -0.15) is 0 Å². The summed E-state index contributed by atoms with van der Waals surface area (Å²) in [5.41, 5.74) is 7.22.